The molecule has 0 spiro atoms. The second-order valence-electron chi connectivity index (χ2n) is 3.00. The summed E-state index contributed by atoms with van der Waals surface area (Å²) in [5.41, 5.74) is 7.20. The lowest BCUT2D eigenvalue weighted by Crippen LogP contribution is -1.88. The molecule has 4 heteroatoms. The zero-order valence-corrected chi connectivity index (χ0v) is 7.90. The number of hydrogen-bond acceptors (Lipinski definition) is 4. The Morgan fingerprint density at radius 3 is 2.86 bits per heavy atom. The molecule has 0 atom stereocenters. The van der Waals surface area contributed by atoms with Crippen molar-refractivity contribution in [2.24, 2.45) is 0 Å². The zero-order valence-electron chi connectivity index (χ0n) is 7.90. The molecule has 2 rings (SSSR count). The van der Waals surface area contributed by atoms with Crippen LogP contribution in [-0.4, -0.2) is 10.1 Å². The van der Waals surface area contributed by atoms with Crippen LogP contribution in [0.4, 0.5) is 5.82 Å². The molecule has 0 unspecified atom stereocenters. The van der Waals surface area contributed by atoms with E-state index in [-0.39, 0.29) is 0 Å². The molecule has 72 valence electrons. The molecule has 0 saturated heterocycles. The lowest BCUT2D eigenvalue weighted by Gasteiger charge is -1.94. The summed E-state index contributed by atoms with van der Waals surface area (Å²) in [5, 5.41) is 3.93. The summed E-state index contributed by atoms with van der Waals surface area (Å²) in [6.45, 7) is 2.02. The first kappa shape index (κ1) is 8.74. The largest absolute Gasteiger partial charge is 0.384 e. The molecule has 2 N–H and O–H groups in total. The molecule has 0 radical (unpaired) electrons. The van der Waals surface area contributed by atoms with Gasteiger partial charge in [-0.25, -0.2) is 4.98 Å². The molecule has 0 aliphatic rings. The van der Waals surface area contributed by atoms with Crippen molar-refractivity contribution in [2.45, 2.75) is 13.3 Å². The Morgan fingerprint density at radius 2 is 2.29 bits per heavy atom. The molecule has 0 aliphatic heterocycles. The summed E-state index contributed by atoms with van der Waals surface area (Å²) in [7, 11) is 0. The van der Waals surface area contributed by atoms with Crippen LogP contribution in [0.3, 0.4) is 0 Å². The number of anilines is 1. The molecule has 2 heterocycles. The summed E-state index contributed by atoms with van der Waals surface area (Å²) < 4.78 is 5.09. The van der Waals surface area contributed by atoms with E-state index in [0.717, 1.165) is 23.4 Å². The highest BCUT2D eigenvalue weighted by atomic mass is 16.5. The van der Waals surface area contributed by atoms with E-state index >= 15 is 0 Å². The van der Waals surface area contributed by atoms with Crippen LogP contribution in [0.1, 0.15) is 12.7 Å². The van der Waals surface area contributed by atoms with Gasteiger partial charge in [0, 0.05) is 24.2 Å². The molecule has 0 aromatic carbocycles. The normalized spacial score (nSPS) is 10.4. The summed E-state index contributed by atoms with van der Waals surface area (Å²) in [6.07, 6.45) is 2.53. The lowest BCUT2D eigenvalue weighted by atomic mass is 10.2. The van der Waals surface area contributed by atoms with Gasteiger partial charge in [0.15, 0.2) is 0 Å². The number of nitrogens with two attached hydrogens (primary N) is 1. The van der Waals surface area contributed by atoms with Crippen molar-refractivity contribution < 1.29 is 4.52 Å². The number of nitrogens with zero attached hydrogens (tertiary/aromatic N) is 2. The second-order valence-corrected chi connectivity index (χ2v) is 3.00. The first-order valence-electron chi connectivity index (χ1n) is 4.47. The monoisotopic (exact) mass is 189 g/mol. The Hall–Kier alpha value is -1.84. The maximum atomic E-state index is 5.48. The number of aryl methyl sites for hydroxylation is 1. The fraction of sp³-hybridized carbons (Fsp3) is 0.200. The molecule has 4 nitrogen and oxygen atoms in total. The molecule has 2 aromatic heterocycles. The van der Waals surface area contributed by atoms with E-state index in [2.05, 4.69) is 10.1 Å². The van der Waals surface area contributed by atoms with Crippen molar-refractivity contribution >= 4 is 5.82 Å². The third-order valence-electron chi connectivity index (χ3n) is 1.99. The third-order valence-corrected chi connectivity index (χ3v) is 1.99. The van der Waals surface area contributed by atoms with Gasteiger partial charge in [-0.2, -0.15) is 0 Å². The fourth-order valence-electron chi connectivity index (χ4n) is 1.17. The summed E-state index contributed by atoms with van der Waals surface area (Å²) in [4.78, 5) is 3.99. The topological polar surface area (TPSA) is 64.9 Å². The average Bonchev–Trinajstić information content (AvgIpc) is 2.67. The number of nitrogen functional groups attached to an aromatic ring is 1. The highest BCUT2D eigenvalue weighted by Crippen LogP contribution is 2.18. The van der Waals surface area contributed by atoms with Gasteiger partial charge in [-0.3, -0.25) is 0 Å². The van der Waals surface area contributed by atoms with Gasteiger partial charge in [-0.15, -0.1) is 0 Å². The predicted octanol–water partition coefficient (Wildman–Crippen LogP) is 1.88. The fourth-order valence-corrected chi connectivity index (χ4v) is 1.17. The highest BCUT2D eigenvalue weighted by Gasteiger charge is 2.04. The van der Waals surface area contributed by atoms with Gasteiger partial charge in [0.05, 0.1) is 0 Å². The molecular weight excluding hydrogens is 178 g/mol. The van der Waals surface area contributed by atoms with Crippen molar-refractivity contribution in [1.82, 2.24) is 10.1 Å². The second kappa shape index (κ2) is 3.49. The van der Waals surface area contributed by atoms with E-state index in [0.29, 0.717) is 5.82 Å². The van der Waals surface area contributed by atoms with Crippen LogP contribution < -0.4 is 5.73 Å². The first-order valence-corrected chi connectivity index (χ1v) is 4.47. The van der Waals surface area contributed by atoms with Crippen LogP contribution in [0, 0.1) is 0 Å². The van der Waals surface area contributed by atoms with Crippen molar-refractivity contribution in [3.05, 3.63) is 30.2 Å². The van der Waals surface area contributed by atoms with Crippen molar-refractivity contribution in [3.63, 3.8) is 0 Å². The van der Waals surface area contributed by atoms with E-state index < -0.39 is 0 Å². The predicted molar refractivity (Wildman–Crippen MR) is 53.5 cm³/mol. The molecule has 0 aliphatic carbocycles. The molecule has 2 aromatic rings. The zero-order chi connectivity index (χ0) is 9.97. The number of rotatable bonds is 2. The number of aromatic nitrogens is 2. The number of hydrogen-bond donors (Lipinski definition) is 1. The van der Waals surface area contributed by atoms with Crippen LogP contribution in [0.2, 0.25) is 0 Å². The van der Waals surface area contributed by atoms with E-state index in [1.807, 2.05) is 19.1 Å². The molecule has 0 saturated carbocycles. The van der Waals surface area contributed by atoms with Gasteiger partial charge in [0.1, 0.15) is 17.3 Å². The Labute approximate surface area is 81.7 Å². The van der Waals surface area contributed by atoms with Crippen LogP contribution >= 0.6 is 0 Å². The molecule has 14 heavy (non-hydrogen) atoms. The summed E-state index contributed by atoms with van der Waals surface area (Å²) in [6, 6.07) is 5.53. The minimum absolute atomic E-state index is 0.507. The van der Waals surface area contributed by atoms with Crippen LogP contribution in [0.5, 0.6) is 0 Å². The van der Waals surface area contributed by atoms with Crippen molar-refractivity contribution in [3.8, 4) is 11.3 Å². The van der Waals surface area contributed by atoms with Crippen LogP contribution in [-0.2, 0) is 6.42 Å². The van der Waals surface area contributed by atoms with Gasteiger partial charge in [0.25, 0.3) is 0 Å². The molecular formula is C10H11N3O. The Morgan fingerprint density at radius 1 is 1.43 bits per heavy atom. The van der Waals surface area contributed by atoms with E-state index in [4.69, 9.17) is 10.3 Å². The Bertz CT molecular complexity index is 419. The third kappa shape index (κ3) is 1.59. The first-order chi connectivity index (χ1) is 6.79. The van der Waals surface area contributed by atoms with Gasteiger partial charge in [0.2, 0.25) is 0 Å². The van der Waals surface area contributed by atoms with Gasteiger partial charge < -0.3 is 10.3 Å². The SMILES string of the molecule is CCc1cc(-c2ccc(N)nc2)no1. The summed E-state index contributed by atoms with van der Waals surface area (Å²) >= 11 is 0. The van der Waals surface area contributed by atoms with Gasteiger partial charge in [-0.1, -0.05) is 12.1 Å². The molecule has 0 bridgehead atoms. The lowest BCUT2D eigenvalue weighted by molar-refractivity contribution is 0.389. The average molecular weight is 189 g/mol. The van der Waals surface area contributed by atoms with Crippen LogP contribution in [0.15, 0.2) is 28.9 Å². The minimum atomic E-state index is 0.507. The Kier molecular flexibility index (Phi) is 2.18. The van der Waals surface area contributed by atoms with E-state index in [1.54, 1.807) is 12.3 Å². The molecule has 0 fully saturated rings. The highest BCUT2D eigenvalue weighted by molar-refractivity contribution is 5.58. The standard InChI is InChI=1S/C10H11N3O/c1-2-8-5-9(13-14-8)7-3-4-10(11)12-6-7/h3-6H,2H2,1H3,(H2,11,12). The van der Waals surface area contributed by atoms with Gasteiger partial charge >= 0.3 is 0 Å². The van der Waals surface area contributed by atoms with E-state index in [9.17, 15) is 0 Å². The van der Waals surface area contributed by atoms with E-state index in [1.165, 1.54) is 0 Å². The smallest absolute Gasteiger partial charge is 0.137 e. The molecule has 0 amide bonds. The minimum Gasteiger partial charge on any atom is -0.384 e. The van der Waals surface area contributed by atoms with Gasteiger partial charge in [-0.05, 0) is 12.1 Å². The maximum absolute atomic E-state index is 5.48. The van der Waals surface area contributed by atoms with Crippen molar-refractivity contribution in [2.75, 3.05) is 5.73 Å². The quantitative estimate of drug-likeness (QED) is 0.783. The maximum Gasteiger partial charge on any atom is 0.137 e. The Balaban J connectivity index is 2.34. The van der Waals surface area contributed by atoms with Crippen LogP contribution in [0.25, 0.3) is 11.3 Å². The van der Waals surface area contributed by atoms with Crippen molar-refractivity contribution in [1.29, 1.82) is 0 Å². The number of pyridine rings is 1. The summed E-state index contributed by atoms with van der Waals surface area (Å²) in [5.74, 6) is 1.38.